The van der Waals surface area contributed by atoms with E-state index < -0.39 is 22.2 Å². The van der Waals surface area contributed by atoms with Crippen LogP contribution in [-0.2, 0) is 16.8 Å². The summed E-state index contributed by atoms with van der Waals surface area (Å²) in [6, 6.07) is 25.0. The molecule has 0 spiro atoms. The third-order valence-electron chi connectivity index (χ3n) is 4.93. The molecule has 0 aliphatic carbocycles. The highest BCUT2D eigenvalue weighted by Crippen LogP contribution is 2.39. The highest BCUT2D eigenvalue weighted by Gasteiger charge is 2.43. The minimum atomic E-state index is -4.06. The molecule has 1 atom stereocenters. The fourth-order valence-electron chi connectivity index (χ4n) is 3.49. The molecule has 0 N–H and O–H groups in total. The van der Waals surface area contributed by atoms with Gasteiger partial charge < -0.3 is 0 Å². The second-order valence-corrected chi connectivity index (χ2v) is 8.43. The van der Waals surface area contributed by atoms with E-state index in [0.717, 1.165) is 15.4 Å². The van der Waals surface area contributed by atoms with E-state index in [-0.39, 0.29) is 6.54 Å². The summed E-state index contributed by atoms with van der Waals surface area (Å²) in [5, 5.41) is 0. The lowest BCUT2D eigenvalue weighted by molar-refractivity contribution is 0.0850. The van der Waals surface area contributed by atoms with E-state index in [0.29, 0.717) is 11.3 Å². The first kappa shape index (κ1) is 18.3. The van der Waals surface area contributed by atoms with Gasteiger partial charge in [-0.05, 0) is 30.2 Å². The molecule has 0 radical (unpaired) electrons. The molecule has 6 heteroatoms. The molecule has 1 amide bonds. The van der Waals surface area contributed by atoms with E-state index in [1.165, 1.54) is 4.31 Å². The Morgan fingerprint density at radius 2 is 1.39 bits per heavy atom. The summed E-state index contributed by atoms with van der Waals surface area (Å²) in [6.07, 6.45) is 0. The third kappa shape index (κ3) is 3.05. The molecule has 1 aliphatic heterocycles. The van der Waals surface area contributed by atoms with E-state index in [4.69, 9.17) is 0 Å². The summed E-state index contributed by atoms with van der Waals surface area (Å²) in [5.41, 5.74) is 2.41. The number of hydrogen-bond donors (Lipinski definition) is 0. The number of para-hydroxylation sites is 1. The largest absolute Gasteiger partial charge is 0.329 e. The number of benzene rings is 3. The molecule has 0 saturated heterocycles. The van der Waals surface area contributed by atoms with Crippen molar-refractivity contribution in [3.05, 3.63) is 102 Å². The highest BCUT2D eigenvalue weighted by atomic mass is 32.2. The smallest absolute Gasteiger partial charge is 0.268 e. The number of hydrogen-bond acceptors (Lipinski definition) is 3. The molecule has 5 nitrogen and oxygen atoms in total. The van der Waals surface area contributed by atoms with Crippen molar-refractivity contribution in [2.45, 2.75) is 19.5 Å². The van der Waals surface area contributed by atoms with Gasteiger partial charge in [-0.25, -0.2) is 8.61 Å². The van der Waals surface area contributed by atoms with Gasteiger partial charge >= 0.3 is 10.2 Å². The van der Waals surface area contributed by atoms with Crippen LogP contribution in [0.5, 0.6) is 0 Å². The lowest BCUT2D eigenvalue weighted by Crippen LogP contribution is -2.51. The Kier molecular flexibility index (Phi) is 4.65. The molecule has 0 fully saturated rings. The molecular formula is C22H20N2O3S. The first-order chi connectivity index (χ1) is 13.5. The maximum absolute atomic E-state index is 13.5. The molecule has 0 bridgehead atoms. The molecule has 3 aromatic carbocycles. The number of carbonyl (C=O) groups excluding carboxylic acids is 1. The maximum atomic E-state index is 13.5. The van der Waals surface area contributed by atoms with Crippen molar-refractivity contribution in [2.75, 3.05) is 4.31 Å². The van der Waals surface area contributed by atoms with Crippen molar-refractivity contribution in [1.29, 1.82) is 0 Å². The van der Waals surface area contributed by atoms with Crippen molar-refractivity contribution in [2.24, 2.45) is 0 Å². The number of carbonyl (C=O) groups is 1. The molecule has 1 heterocycles. The van der Waals surface area contributed by atoms with Crippen LogP contribution < -0.4 is 4.31 Å². The monoisotopic (exact) mass is 392 g/mol. The highest BCUT2D eigenvalue weighted by molar-refractivity contribution is 7.91. The Hall–Kier alpha value is -3.12. The molecule has 28 heavy (non-hydrogen) atoms. The fourth-order valence-corrected chi connectivity index (χ4v) is 5.26. The van der Waals surface area contributed by atoms with Gasteiger partial charge in [0, 0.05) is 0 Å². The Balaban J connectivity index is 1.84. The Morgan fingerprint density at radius 1 is 0.821 bits per heavy atom. The number of rotatable bonds is 4. The summed E-state index contributed by atoms with van der Waals surface area (Å²) in [6.45, 7) is 1.83. The zero-order valence-corrected chi connectivity index (χ0v) is 16.2. The van der Waals surface area contributed by atoms with E-state index in [1.54, 1.807) is 24.3 Å². The minimum Gasteiger partial charge on any atom is -0.268 e. The summed E-state index contributed by atoms with van der Waals surface area (Å²) < 4.78 is 29.4. The average Bonchev–Trinajstić information content (AvgIpc) is 2.72. The summed E-state index contributed by atoms with van der Waals surface area (Å²) >= 11 is 0. The van der Waals surface area contributed by atoms with Crippen LogP contribution in [0.1, 0.15) is 34.5 Å². The third-order valence-corrected chi connectivity index (χ3v) is 6.79. The van der Waals surface area contributed by atoms with Crippen LogP contribution in [0.4, 0.5) is 5.69 Å². The van der Waals surface area contributed by atoms with Crippen LogP contribution in [0.2, 0.25) is 0 Å². The fraction of sp³-hybridized carbons (Fsp3) is 0.136. The summed E-state index contributed by atoms with van der Waals surface area (Å²) in [7, 11) is -4.06. The van der Waals surface area contributed by atoms with Crippen LogP contribution in [0, 0.1) is 0 Å². The van der Waals surface area contributed by atoms with Gasteiger partial charge in [0.2, 0.25) is 0 Å². The van der Waals surface area contributed by atoms with Crippen molar-refractivity contribution >= 4 is 21.8 Å². The van der Waals surface area contributed by atoms with Gasteiger partial charge in [0.05, 0.1) is 23.8 Å². The van der Waals surface area contributed by atoms with Gasteiger partial charge in [-0.3, -0.25) is 4.79 Å². The Labute approximate surface area is 165 Å². The second kappa shape index (κ2) is 7.13. The zero-order valence-electron chi connectivity index (χ0n) is 15.4. The van der Waals surface area contributed by atoms with Gasteiger partial charge in [-0.15, -0.1) is 0 Å². The second-order valence-electron chi connectivity index (χ2n) is 6.70. The van der Waals surface area contributed by atoms with E-state index in [9.17, 15) is 13.2 Å². The standard InChI is InChI=1S/C22H20N2O3S/c1-17(19-12-6-3-7-13-19)24-21-15-9-8-14-20(21)22(25)23(28(24,26)27)16-18-10-4-2-5-11-18/h2-15,17H,16H2,1H3. The topological polar surface area (TPSA) is 57.7 Å². The maximum Gasteiger partial charge on any atom is 0.329 e. The van der Waals surface area contributed by atoms with Gasteiger partial charge in [-0.1, -0.05) is 72.8 Å². The van der Waals surface area contributed by atoms with E-state index in [1.807, 2.05) is 67.6 Å². The minimum absolute atomic E-state index is 0.00560. The first-order valence-corrected chi connectivity index (χ1v) is 10.4. The number of fused-ring (bicyclic) bond motifs is 1. The van der Waals surface area contributed by atoms with Crippen molar-refractivity contribution in [1.82, 2.24) is 4.31 Å². The summed E-state index contributed by atoms with van der Waals surface area (Å²) in [5.74, 6) is -0.504. The van der Waals surface area contributed by atoms with Crippen LogP contribution in [0.15, 0.2) is 84.9 Å². The number of anilines is 1. The molecule has 1 unspecified atom stereocenters. The van der Waals surface area contributed by atoms with Crippen LogP contribution in [0.25, 0.3) is 0 Å². The molecule has 0 aromatic heterocycles. The van der Waals surface area contributed by atoms with Crippen LogP contribution >= 0.6 is 0 Å². The SMILES string of the molecule is CC(c1ccccc1)N1c2ccccc2C(=O)N(Cc2ccccc2)S1(=O)=O. The average molecular weight is 392 g/mol. The van der Waals surface area contributed by atoms with Gasteiger partial charge in [0.15, 0.2) is 0 Å². The lowest BCUT2D eigenvalue weighted by atomic mass is 10.1. The van der Waals surface area contributed by atoms with Crippen molar-refractivity contribution in [3.63, 3.8) is 0 Å². The predicted molar refractivity (Wildman–Crippen MR) is 109 cm³/mol. The van der Waals surface area contributed by atoms with E-state index in [2.05, 4.69) is 0 Å². The van der Waals surface area contributed by atoms with Crippen LogP contribution in [-0.4, -0.2) is 18.6 Å². The van der Waals surface area contributed by atoms with Gasteiger partial charge in [-0.2, -0.15) is 8.42 Å². The molecule has 4 rings (SSSR count). The predicted octanol–water partition coefficient (Wildman–Crippen LogP) is 4.16. The molecule has 1 aliphatic rings. The van der Waals surface area contributed by atoms with E-state index >= 15 is 0 Å². The quantitative estimate of drug-likeness (QED) is 0.670. The van der Waals surface area contributed by atoms with Crippen molar-refractivity contribution < 1.29 is 13.2 Å². The Morgan fingerprint density at radius 3 is 2.07 bits per heavy atom. The van der Waals surface area contributed by atoms with Crippen molar-refractivity contribution in [3.8, 4) is 0 Å². The molecular weight excluding hydrogens is 372 g/mol. The van der Waals surface area contributed by atoms with Gasteiger partial charge in [0.25, 0.3) is 5.91 Å². The lowest BCUT2D eigenvalue weighted by Gasteiger charge is -2.40. The Bertz CT molecular complexity index is 1100. The van der Waals surface area contributed by atoms with Crippen LogP contribution in [0.3, 0.4) is 0 Å². The zero-order chi connectivity index (χ0) is 19.7. The number of nitrogens with zero attached hydrogens (tertiary/aromatic N) is 2. The first-order valence-electron chi connectivity index (χ1n) is 9.04. The molecule has 142 valence electrons. The molecule has 0 saturated carbocycles. The molecule has 3 aromatic rings. The van der Waals surface area contributed by atoms with Gasteiger partial charge in [0.1, 0.15) is 0 Å². The summed E-state index contributed by atoms with van der Waals surface area (Å²) in [4.78, 5) is 13.1. The normalized spacial score (nSPS) is 16.5. The number of amides is 1.